The fourth-order valence-electron chi connectivity index (χ4n) is 1.40. The van der Waals surface area contributed by atoms with Gasteiger partial charge < -0.3 is 4.57 Å². The van der Waals surface area contributed by atoms with E-state index in [9.17, 15) is 0 Å². The highest BCUT2D eigenvalue weighted by atomic mass is 15.0. The summed E-state index contributed by atoms with van der Waals surface area (Å²) in [6, 6.07) is 0. The van der Waals surface area contributed by atoms with Gasteiger partial charge in [-0.3, -0.25) is 0 Å². The Kier molecular flexibility index (Phi) is 3.69. The summed E-state index contributed by atoms with van der Waals surface area (Å²) in [6.45, 7) is 6.17. The molecule has 1 aromatic heterocycles. The van der Waals surface area contributed by atoms with Crippen LogP contribution in [0.3, 0.4) is 0 Å². The number of allylic oxidation sites excluding steroid dienone is 4. The first kappa shape index (κ1) is 10.8. The lowest BCUT2D eigenvalue weighted by atomic mass is 10.2. The van der Waals surface area contributed by atoms with Gasteiger partial charge >= 0.3 is 0 Å². The van der Waals surface area contributed by atoms with E-state index in [1.54, 1.807) is 0 Å². The van der Waals surface area contributed by atoms with Gasteiger partial charge in [-0.15, -0.1) is 0 Å². The third-order valence-corrected chi connectivity index (χ3v) is 2.10. The molecule has 0 aliphatic rings. The van der Waals surface area contributed by atoms with Crippen LogP contribution in [0.1, 0.15) is 25.4 Å². The molecular weight excluding hydrogens is 172 g/mol. The lowest BCUT2D eigenvalue weighted by Crippen LogP contribution is -1.97. The number of aromatic nitrogens is 2. The van der Waals surface area contributed by atoms with Gasteiger partial charge in [0.15, 0.2) is 0 Å². The van der Waals surface area contributed by atoms with E-state index in [0.717, 1.165) is 17.9 Å². The minimum absolute atomic E-state index is 0.925. The molecule has 76 valence electrons. The van der Waals surface area contributed by atoms with Crippen molar-refractivity contribution in [2.75, 3.05) is 0 Å². The van der Waals surface area contributed by atoms with Gasteiger partial charge in [-0.05, 0) is 20.8 Å². The molecule has 0 saturated heterocycles. The standard InChI is InChI=1S/C12H18N2/c1-5-6-7-10(2)8-12-13-11(3)9-14(12)4/h5-7,9H,8H2,1-4H3. The van der Waals surface area contributed by atoms with Crippen molar-refractivity contribution in [2.45, 2.75) is 27.2 Å². The summed E-state index contributed by atoms with van der Waals surface area (Å²) in [5.74, 6) is 1.13. The Labute approximate surface area is 86.0 Å². The molecule has 0 aliphatic carbocycles. The first-order valence-electron chi connectivity index (χ1n) is 4.90. The third-order valence-electron chi connectivity index (χ3n) is 2.10. The molecule has 0 unspecified atom stereocenters. The molecule has 0 radical (unpaired) electrons. The van der Waals surface area contributed by atoms with Crippen LogP contribution >= 0.6 is 0 Å². The monoisotopic (exact) mass is 190 g/mol. The van der Waals surface area contributed by atoms with Crippen molar-refractivity contribution in [3.8, 4) is 0 Å². The van der Waals surface area contributed by atoms with Gasteiger partial charge in [-0.1, -0.05) is 23.8 Å². The van der Waals surface area contributed by atoms with Gasteiger partial charge in [0.2, 0.25) is 0 Å². The lowest BCUT2D eigenvalue weighted by Gasteiger charge is -2.00. The molecule has 0 amide bonds. The fraction of sp³-hybridized carbons (Fsp3) is 0.417. The average Bonchev–Trinajstić information content (AvgIpc) is 2.42. The van der Waals surface area contributed by atoms with Gasteiger partial charge in [0.05, 0.1) is 5.69 Å². The van der Waals surface area contributed by atoms with Crippen LogP contribution in [0, 0.1) is 6.92 Å². The van der Waals surface area contributed by atoms with E-state index in [1.807, 2.05) is 27.0 Å². The molecule has 0 aliphatic heterocycles. The molecule has 1 aromatic rings. The van der Waals surface area contributed by atoms with Gasteiger partial charge in [-0.2, -0.15) is 0 Å². The van der Waals surface area contributed by atoms with Crippen LogP contribution in [0.2, 0.25) is 0 Å². The van der Waals surface area contributed by atoms with Gasteiger partial charge in [0.1, 0.15) is 5.82 Å². The van der Waals surface area contributed by atoms with Crippen molar-refractivity contribution in [1.82, 2.24) is 9.55 Å². The smallest absolute Gasteiger partial charge is 0.112 e. The minimum Gasteiger partial charge on any atom is -0.337 e. The lowest BCUT2D eigenvalue weighted by molar-refractivity contribution is 0.816. The maximum atomic E-state index is 4.46. The minimum atomic E-state index is 0.925. The van der Waals surface area contributed by atoms with Crippen molar-refractivity contribution in [1.29, 1.82) is 0 Å². The summed E-state index contributed by atoms with van der Waals surface area (Å²) in [5.41, 5.74) is 2.41. The second kappa shape index (κ2) is 4.80. The van der Waals surface area contributed by atoms with Crippen molar-refractivity contribution in [2.24, 2.45) is 7.05 Å². The molecule has 1 heterocycles. The van der Waals surface area contributed by atoms with Crippen LogP contribution in [-0.4, -0.2) is 9.55 Å². The molecule has 0 spiro atoms. The summed E-state index contributed by atoms with van der Waals surface area (Å²) in [7, 11) is 2.04. The second-order valence-corrected chi connectivity index (χ2v) is 3.62. The number of nitrogens with zero attached hydrogens (tertiary/aromatic N) is 2. The van der Waals surface area contributed by atoms with E-state index < -0.39 is 0 Å². The van der Waals surface area contributed by atoms with Crippen LogP contribution < -0.4 is 0 Å². The molecule has 2 heteroatoms. The Morgan fingerprint density at radius 2 is 2.29 bits per heavy atom. The van der Waals surface area contributed by atoms with Crippen LogP contribution in [0.5, 0.6) is 0 Å². The Hall–Kier alpha value is -1.31. The van der Waals surface area contributed by atoms with Crippen molar-refractivity contribution >= 4 is 0 Å². The number of aryl methyl sites for hydroxylation is 2. The largest absolute Gasteiger partial charge is 0.337 e. The SMILES string of the molecule is CC=CC=C(C)Cc1nc(C)cn1C. The van der Waals surface area contributed by atoms with Crippen molar-refractivity contribution in [3.63, 3.8) is 0 Å². The Morgan fingerprint density at radius 3 is 2.79 bits per heavy atom. The molecule has 0 fully saturated rings. The third kappa shape index (κ3) is 2.87. The summed E-state index contributed by atoms with van der Waals surface area (Å²) in [5, 5.41) is 0. The van der Waals surface area contributed by atoms with Crippen LogP contribution in [0.15, 0.2) is 30.0 Å². The molecule has 0 N–H and O–H groups in total. The predicted molar refractivity (Wildman–Crippen MR) is 60.2 cm³/mol. The second-order valence-electron chi connectivity index (χ2n) is 3.62. The highest BCUT2D eigenvalue weighted by molar-refractivity contribution is 5.15. The predicted octanol–water partition coefficient (Wildman–Crippen LogP) is 2.79. The molecule has 0 saturated carbocycles. The quantitative estimate of drug-likeness (QED) is 0.670. The molecule has 14 heavy (non-hydrogen) atoms. The topological polar surface area (TPSA) is 17.8 Å². The summed E-state index contributed by atoms with van der Waals surface area (Å²) >= 11 is 0. The first-order chi connectivity index (χ1) is 6.63. The Bertz CT molecular complexity index is 356. The normalized spacial score (nSPS) is 12.7. The van der Waals surface area contributed by atoms with Crippen LogP contribution in [0.4, 0.5) is 0 Å². The summed E-state index contributed by atoms with van der Waals surface area (Å²) < 4.78 is 2.09. The zero-order valence-electron chi connectivity index (χ0n) is 9.41. The molecule has 0 atom stereocenters. The zero-order chi connectivity index (χ0) is 10.6. The molecule has 0 aromatic carbocycles. The maximum Gasteiger partial charge on any atom is 0.112 e. The zero-order valence-corrected chi connectivity index (χ0v) is 9.41. The van der Waals surface area contributed by atoms with Gasteiger partial charge in [-0.25, -0.2) is 4.98 Å². The number of rotatable bonds is 3. The van der Waals surface area contributed by atoms with Crippen molar-refractivity contribution < 1.29 is 0 Å². The van der Waals surface area contributed by atoms with Crippen LogP contribution in [-0.2, 0) is 13.5 Å². The molecular formula is C12H18N2. The summed E-state index contributed by atoms with van der Waals surface area (Å²) in [6.07, 6.45) is 9.20. The number of hydrogen-bond donors (Lipinski definition) is 0. The van der Waals surface area contributed by atoms with Gasteiger partial charge in [0, 0.05) is 19.7 Å². The van der Waals surface area contributed by atoms with Crippen LogP contribution in [0.25, 0.3) is 0 Å². The molecule has 0 bridgehead atoms. The van der Waals surface area contributed by atoms with Crippen molar-refractivity contribution in [3.05, 3.63) is 41.5 Å². The molecule has 2 nitrogen and oxygen atoms in total. The van der Waals surface area contributed by atoms with E-state index in [-0.39, 0.29) is 0 Å². The number of hydrogen-bond acceptors (Lipinski definition) is 1. The highest BCUT2D eigenvalue weighted by Crippen LogP contribution is 2.07. The Morgan fingerprint density at radius 1 is 1.57 bits per heavy atom. The summed E-state index contributed by atoms with van der Waals surface area (Å²) in [4.78, 5) is 4.46. The fourth-order valence-corrected chi connectivity index (χ4v) is 1.40. The Balaban J connectivity index is 2.73. The maximum absolute atomic E-state index is 4.46. The number of imidazole rings is 1. The van der Waals surface area contributed by atoms with E-state index in [0.29, 0.717) is 0 Å². The average molecular weight is 190 g/mol. The first-order valence-corrected chi connectivity index (χ1v) is 4.90. The van der Waals surface area contributed by atoms with E-state index in [1.165, 1.54) is 5.57 Å². The highest BCUT2D eigenvalue weighted by Gasteiger charge is 2.01. The van der Waals surface area contributed by atoms with Gasteiger partial charge in [0.25, 0.3) is 0 Å². The van der Waals surface area contributed by atoms with E-state index >= 15 is 0 Å². The van der Waals surface area contributed by atoms with E-state index in [2.05, 4.69) is 34.8 Å². The molecule has 1 rings (SSSR count). The van der Waals surface area contributed by atoms with E-state index in [4.69, 9.17) is 0 Å².